The molecule has 0 aliphatic carbocycles. The summed E-state index contributed by atoms with van der Waals surface area (Å²) in [4.78, 5) is 19.5. The molecule has 0 spiro atoms. The third-order valence-corrected chi connectivity index (χ3v) is 4.18. The molecule has 0 atom stereocenters. The summed E-state index contributed by atoms with van der Waals surface area (Å²) < 4.78 is 0. The largest absolute Gasteiger partial charge is 0.269 e. The molecule has 6 heteroatoms. The highest BCUT2D eigenvalue weighted by Gasteiger charge is 2.15. The maximum absolute atomic E-state index is 10.8. The molecule has 128 valence electrons. The second-order valence-corrected chi connectivity index (χ2v) is 6.51. The standard InChI is InChI=1S/C18H22ClN3O2/c1-4-5-6-16-15(17(19)21-18(20-16)12(2)3)11-13-7-9-14(10-8-13)22(23)24/h7-10,12H,4-6,11H2,1-3H3. The molecular weight excluding hydrogens is 326 g/mol. The Morgan fingerprint density at radius 3 is 2.42 bits per heavy atom. The van der Waals surface area contributed by atoms with Gasteiger partial charge in [-0.3, -0.25) is 10.1 Å². The Labute approximate surface area is 147 Å². The Morgan fingerprint density at radius 1 is 1.21 bits per heavy atom. The second kappa shape index (κ2) is 8.20. The predicted molar refractivity (Wildman–Crippen MR) is 95.6 cm³/mol. The van der Waals surface area contributed by atoms with Gasteiger partial charge in [0.2, 0.25) is 0 Å². The number of non-ortho nitro benzene ring substituents is 1. The summed E-state index contributed by atoms with van der Waals surface area (Å²) in [5.41, 5.74) is 2.95. The molecule has 1 heterocycles. The van der Waals surface area contributed by atoms with Gasteiger partial charge in [0.25, 0.3) is 5.69 Å². The number of halogens is 1. The van der Waals surface area contributed by atoms with E-state index in [4.69, 9.17) is 16.6 Å². The minimum atomic E-state index is -0.399. The van der Waals surface area contributed by atoms with Crippen LogP contribution in [-0.4, -0.2) is 14.9 Å². The molecule has 1 aromatic carbocycles. The molecular formula is C18H22ClN3O2. The lowest BCUT2D eigenvalue weighted by atomic mass is 10.0. The Hall–Kier alpha value is -2.01. The van der Waals surface area contributed by atoms with E-state index in [1.54, 1.807) is 12.1 Å². The van der Waals surface area contributed by atoms with Gasteiger partial charge in [-0.1, -0.05) is 50.9 Å². The molecule has 0 unspecified atom stereocenters. The van der Waals surface area contributed by atoms with Crippen LogP contribution in [0.2, 0.25) is 5.15 Å². The van der Waals surface area contributed by atoms with E-state index in [1.165, 1.54) is 12.1 Å². The number of nitrogens with zero attached hydrogens (tertiary/aromatic N) is 3. The minimum absolute atomic E-state index is 0.0856. The van der Waals surface area contributed by atoms with Crippen molar-refractivity contribution in [2.24, 2.45) is 0 Å². The van der Waals surface area contributed by atoms with Gasteiger partial charge < -0.3 is 0 Å². The number of unbranched alkanes of at least 4 members (excludes halogenated alkanes) is 1. The van der Waals surface area contributed by atoms with Gasteiger partial charge in [-0.25, -0.2) is 9.97 Å². The Morgan fingerprint density at radius 2 is 1.88 bits per heavy atom. The number of aryl methyl sites for hydroxylation is 1. The lowest BCUT2D eigenvalue weighted by Crippen LogP contribution is -2.08. The average Bonchev–Trinajstić information content (AvgIpc) is 2.55. The molecule has 0 saturated carbocycles. The summed E-state index contributed by atoms with van der Waals surface area (Å²) >= 11 is 6.43. The van der Waals surface area contributed by atoms with Crippen LogP contribution in [-0.2, 0) is 12.8 Å². The molecule has 24 heavy (non-hydrogen) atoms. The maximum atomic E-state index is 10.8. The van der Waals surface area contributed by atoms with Crippen molar-refractivity contribution < 1.29 is 4.92 Å². The van der Waals surface area contributed by atoms with Crippen molar-refractivity contribution in [1.82, 2.24) is 9.97 Å². The topological polar surface area (TPSA) is 68.9 Å². The molecule has 0 radical (unpaired) electrons. The van der Waals surface area contributed by atoms with Gasteiger partial charge in [-0.2, -0.15) is 0 Å². The van der Waals surface area contributed by atoms with Crippen LogP contribution < -0.4 is 0 Å². The molecule has 5 nitrogen and oxygen atoms in total. The van der Waals surface area contributed by atoms with Crippen LogP contribution in [0.3, 0.4) is 0 Å². The molecule has 0 bridgehead atoms. The van der Waals surface area contributed by atoms with E-state index in [-0.39, 0.29) is 11.6 Å². The van der Waals surface area contributed by atoms with Crippen molar-refractivity contribution in [3.63, 3.8) is 0 Å². The van der Waals surface area contributed by atoms with Crippen LogP contribution in [0.15, 0.2) is 24.3 Å². The van der Waals surface area contributed by atoms with Gasteiger partial charge >= 0.3 is 0 Å². The fraction of sp³-hybridized carbons (Fsp3) is 0.444. The van der Waals surface area contributed by atoms with Gasteiger partial charge in [0, 0.05) is 35.7 Å². The van der Waals surface area contributed by atoms with Crippen LogP contribution in [0.4, 0.5) is 5.69 Å². The number of nitro benzene ring substituents is 1. The molecule has 0 aliphatic rings. The van der Waals surface area contributed by atoms with Crippen molar-refractivity contribution >= 4 is 17.3 Å². The molecule has 0 aliphatic heterocycles. The van der Waals surface area contributed by atoms with Crippen molar-refractivity contribution in [3.8, 4) is 0 Å². The van der Waals surface area contributed by atoms with Crippen molar-refractivity contribution in [2.45, 2.75) is 52.4 Å². The van der Waals surface area contributed by atoms with Gasteiger partial charge in [0.15, 0.2) is 0 Å². The first-order chi connectivity index (χ1) is 11.4. The normalized spacial score (nSPS) is 11.0. The highest BCUT2D eigenvalue weighted by molar-refractivity contribution is 6.30. The molecule has 0 N–H and O–H groups in total. The molecule has 0 saturated heterocycles. The lowest BCUT2D eigenvalue weighted by Gasteiger charge is -2.14. The number of aromatic nitrogens is 2. The monoisotopic (exact) mass is 347 g/mol. The van der Waals surface area contributed by atoms with Crippen LogP contribution in [0.25, 0.3) is 0 Å². The molecule has 0 amide bonds. The Bertz CT molecular complexity index is 715. The van der Waals surface area contributed by atoms with E-state index in [0.29, 0.717) is 11.6 Å². The average molecular weight is 348 g/mol. The zero-order chi connectivity index (χ0) is 17.7. The number of hydrogen-bond acceptors (Lipinski definition) is 4. The Kier molecular flexibility index (Phi) is 6.26. The van der Waals surface area contributed by atoms with E-state index in [9.17, 15) is 10.1 Å². The quantitative estimate of drug-likeness (QED) is 0.397. The van der Waals surface area contributed by atoms with Gasteiger partial charge in [0.05, 0.1) is 4.92 Å². The zero-order valence-corrected chi connectivity index (χ0v) is 15.0. The number of rotatable bonds is 7. The number of benzene rings is 1. The van der Waals surface area contributed by atoms with Crippen molar-refractivity contribution in [2.75, 3.05) is 0 Å². The van der Waals surface area contributed by atoms with E-state index in [2.05, 4.69) is 11.9 Å². The van der Waals surface area contributed by atoms with Gasteiger partial charge in [-0.05, 0) is 18.4 Å². The first-order valence-corrected chi connectivity index (χ1v) is 8.58. The van der Waals surface area contributed by atoms with Crippen molar-refractivity contribution in [1.29, 1.82) is 0 Å². The second-order valence-electron chi connectivity index (χ2n) is 6.16. The van der Waals surface area contributed by atoms with E-state index >= 15 is 0 Å². The summed E-state index contributed by atoms with van der Waals surface area (Å²) in [7, 11) is 0. The zero-order valence-electron chi connectivity index (χ0n) is 14.3. The highest BCUT2D eigenvalue weighted by atomic mass is 35.5. The summed E-state index contributed by atoms with van der Waals surface area (Å²) in [5.74, 6) is 0.981. The molecule has 0 fully saturated rings. The number of nitro groups is 1. The van der Waals surface area contributed by atoms with Crippen LogP contribution in [0.1, 0.15) is 62.2 Å². The van der Waals surface area contributed by atoms with Gasteiger partial charge in [0.1, 0.15) is 11.0 Å². The smallest absolute Gasteiger partial charge is 0.258 e. The van der Waals surface area contributed by atoms with Crippen LogP contribution >= 0.6 is 11.6 Å². The maximum Gasteiger partial charge on any atom is 0.269 e. The Balaban J connectivity index is 2.34. The number of hydrogen-bond donors (Lipinski definition) is 0. The molecule has 2 aromatic rings. The van der Waals surface area contributed by atoms with Crippen molar-refractivity contribution in [3.05, 3.63) is 62.2 Å². The lowest BCUT2D eigenvalue weighted by molar-refractivity contribution is -0.384. The third-order valence-electron chi connectivity index (χ3n) is 3.87. The SMILES string of the molecule is CCCCc1nc(C(C)C)nc(Cl)c1Cc1ccc([N+](=O)[O-])cc1. The predicted octanol–water partition coefficient (Wildman–Crippen LogP) is 5.10. The summed E-state index contributed by atoms with van der Waals surface area (Å²) in [5, 5.41) is 11.2. The van der Waals surface area contributed by atoms with E-state index < -0.39 is 4.92 Å². The summed E-state index contributed by atoms with van der Waals surface area (Å²) in [6.45, 7) is 6.23. The minimum Gasteiger partial charge on any atom is -0.258 e. The van der Waals surface area contributed by atoms with Crippen LogP contribution in [0, 0.1) is 10.1 Å². The fourth-order valence-corrected chi connectivity index (χ4v) is 2.70. The van der Waals surface area contributed by atoms with Crippen LogP contribution in [0.5, 0.6) is 0 Å². The summed E-state index contributed by atoms with van der Waals surface area (Å²) in [6.07, 6.45) is 3.56. The first kappa shape index (κ1) is 18.3. The molecule has 2 rings (SSSR count). The first-order valence-electron chi connectivity index (χ1n) is 8.20. The van der Waals surface area contributed by atoms with Gasteiger partial charge in [-0.15, -0.1) is 0 Å². The highest BCUT2D eigenvalue weighted by Crippen LogP contribution is 2.25. The van der Waals surface area contributed by atoms with E-state index in [0.717, 1.165) is 41.9 Å². The third kappa shape index (κ3) is 4.51. The van der Waals surface area contributed by atoms with E-state index in [1.807, 2.05) is 13.8 Å². The fourth-order valence-electron chi connectivity index (χ4n) is 2.44. The molecule has 1 aromatic heterocycles. The summed E-state index contributed by atoms with van der Waals surface area (Å²) in [6, 6.07) is 6.54.